The molecule has 7 aromatic rings. The molecule has 10 heteroatoms. The van der Waals surface area contributed by atoms with Crippen LogP contribution in [0.5, 0.6) is 0 Å². The predicted molar refractivity (Wildman–Crippen MR) is 164 cm³/mol. The van der Waals surface area contributed by atoms with Crippen LogP contribution in [-0.2, 0) is 12.4 Å². The van der Waals surface area contributed by atoms with Crippen molar-refractivity contribution in [3.8, 4) is 44.1 Å². The highest BCUT2D eigenvalue weighted by atomic mass is 32.1. The number of hydrogen-bond acceptors (Lipinski definition) is 4. The highest BCUT2D eigenvalue weighted by molar-refractivity contribution is 7.21. The molecule has 0 aliphatic carbocycles. The van der Waals surface area contributed by atoms with Crippen LogP contribution in [0.25, 0.3) is 65.3 Å². The molecule has 5 aromatic carbocycles. The first-order valence-corrected chi connectivity index (χ1v) is 14.5. The summed E-state index contributed by atoms with van der Waals surface area (Å²) in [7, 11) is 0. The zero-order valence-electron chi connectivity index (χ0n) is 23.0. The highest BCUT2D eigenvalue weighted by Gasteiger charge is 2.37. The fourth-order valence-electron chi connectivity index (χ4n) is 5.09. The third-order valence-corrected chi connectivity index (χ3v) is 8.49. The van der Waals surface area contributed by atoms with Crippen LogP contribution in [0.1, 0.15) is 11.1 Å². The Morgan fingerprint density at radius 1 is 0.467 bits per heavy atom. The van der Waals surface area contributed by atoms with Crippen molar-refractivity contribution < 1.29 is 26.3 Å². The van der Waals surface area contributed by atoms with Gasteiger partial charge in [-0.3, -0.25) is 4.98 Å². The van der Waals surface area contributed by atoms with Gasteiger partial charge in [-0.2, -0.15) is 26.3 Å². The zero-order valence-corrected chi connectivity index (χ0v) is 23.8. The Kier molecular flexibility index (Phi) is 6.89. The number of benzene rings is 5. The van der Waals surface area contributed by atoms with Crippen LogP contribution in [0.3, 0.4) is 0 Å². The van der Waals surface area contributed by atoms with Crippen molar-refractivity contribution in [3.05, 3.63) is 127 Å². The van der Waals surface area contributed by atoms with Crippen LogP contribution in [0.4, 0.5) is 26.3 Å². The third-order valence-electron chi connectivity index (χ3n) is 7.40. The smallest absolute Gasteiger partial charge is 0.252 e. The Hall–Kier alpha value is -5.09. The van der Waals surface area contributed by atoms with Crippen molar-refractivity contribution in [1.82, 2.24) is 15.0 Å². The molecule has 0 fully saturated rings. The van der Waals surface area contributed by atoms with Gasteiger partial charge in [0.05, 0.1) is 44.3 Å². The lowest BCUT2D eigenvalue weighted by Gasteiger charge is -2.14. The standard InChI is InChI=1S/C35H19F6N3S/c36-34(37,38)26-15-25(16-27(18-26)35(39,40)41)21-7-5-20(6-8-21)24-13-14-28-30(17-24)42-19-31(43-28)22-9-11-23(12-10-22)33-44-29-3-1-2-4-32(29)45-33/h1-19H. The Labute approximate surface area is 256 Å². The second-order valence-electron chi connectivity index (χ2n) is 10.4. The lowest BCUT2D eigenvalue weighted by Crippen LogP contribution is -2.11. The summed E-state index contributed by atoms with van der Waals surface area (Å²) >= 11 is 1.63. The van der Waals surface area contributed by atoms with Gasteiger partial charge in [0, 0.05) is 11.1 Å². The molecule has 0 atom stereocenters. The van der Waals surface area contributed by atoms with Gasteiger partial charge in [-0.05, 0) is 64.7 Å². The average Bonchev–Trinajstić information content (AvgIpc) is 3.48. The number of thiazole rings is 1. The van der Waals surface area contributed by atoms with Gasteiger partial charge in [0.2, 0.25) is 0 Å². The number of alkyl halides is 6. The second-order valence-corrected chi connectivity index (χ2v) is 11.4. The van der Waals surface area contributed by atoms with Crippen molar-refractivity contribution in [3.63, 3.8) is 0 Å². The number of hydrogen-bond donors (Lipinski definition) is 0. The van der Waals surface area contributed by atoms with Gasteiger partial charge in [0.1, 0.15) is 5.01 Å². The summed E-state index contributed by atoms with van der Waals surface area (Å²) in [5.41, 5.74) is 3.74. The molecule has 0 saturated carbocycles. The minimum atomic E-state index is -4.91. The van der Waals surface area contributed by atoms with Gasteiger partial charge in [-0.25, -0.2) is 9.97 Å². The average molecular weight is 628 g/mol. The highest BCUT2D eigenvalue weighted by Crippen LogP contribution is 2.39. The first-order chi connectivity index (χ1) is 21.5. The molecule has 222 valence electrons. The molecule has 0 amide bonds. The minimum absolute atomic E-state index is 0.124. The van der Waals surface area contributed by atoms with E-state index in [2.05, 4.69) is 4.98 Å². The van der Waals surface area contributed by atoms with E-state index < -0.39 is 23.5 Å². The van der Waals surface area contributed by atoms with E-state index in [-0.39, 0.29) is 17.2 Å². The van der Waals surface area contributed by atoms with Gasteiger partial charge in [0.15, 0.2) is 0 Å². The van der Waals surface area contributed by atoms with Crippen molar-refractivity contribution >= 4 is 32.6 Å². The molecule has 2 heterocycles. The number of rotatable bonds is 4. The van der Waals surface area contributed by atoms with E-state index in [1.54, 1.807) is 29.7 Å². The van der Waals surface area contributed by atoms with Gasteiger partial charge < -0.3 is 0 Å². The van der Waals surface area contributed by atoms with E-state index in [4.69, 9.17) is 9.97 Å². The van der Waals surface area contributed by atoms with Gasteiger partial charge in [-0.15, -0.1) is 11.3 Å². The molecule has 7 rings (SSSR count). The summed E-state index contributed by atoms with van der Waals surface area (Å²) in [5.74, 6) is 0. The van der Waals surface area contributed by atoms with E-state index in [1.165, 1.54) is 12.1 Å². The molecule has 0 bridgehead atoms. The van der Waals surface area contributed by atoms with Crippen LogP contribution in [0.15, 0.2) is 115 Å². The van der Waals surface area contributed by atoms with Gasteiger partial charge in [0.25, 0.3) is 0 Å². The number of halogens is 6. The maximum absolute atomic E-state index is 13.3. The van der Waals surface area contributed by atoms with E-state index in [1.807, 2.05) is 66.7 Å². The van der Waals surface area contributed by atoms with Gasteiger partial charge >= 0.3 is 12.4 Å². The van der Waals surface area contributed by atoms with Crippen LogP contribution < -0.4 is 0 Å². The maximum atomic E-state index is 13.3. The van der Waals surface area contributed by atoms with Crippen LogP contribution in [-0.4, -0.2) is 15.0 Å². The van der Waals surface area contributed by atoms with E-state index >= 15 is 0 Å². The van der Waals surface area contributed by atoms with E-state index in [0.717, 1.165) is 49.6 Å². The molecular weight excluding hydrogens is 608 g/mol. The normalized spacial score (nSPS) is 12.2. The van der Waals surface area contributed by atoms with E-state index in [9.17, 15) is 26.3 Å². The van der Waals surface area contributed by atoms with Crippen molar-refractivity contribution in [2.75, 3.05) is 0 Å². The Bertz CT molecular complexity index is 2120. The zero-order chi connectivity index (χ0) is 31.3. The molecule has 0 saturated heterocycles. The van der Waals surface area contributed by atoms with Crippen molar-refractivity contribution in [2.24, 2.45) is 0 Å². The fraction of sp³-hybridized carbons (Fsp3) is 0.0571. The van der Waals surface area contributed by atoms with Crippen LogP contribution >= 0.6 is 11.3 Å². The SMILES string of the molecule is FC(F)(F)c1cc(-c2ccc(-c3ccc4nc(-c5ccc(-c6nc7ccccc7s6)cc5)cnc4c3)cc2)cc(C(F)(F)F)c1. The summed E-state index contributed by atoms with van der Waals surface area (Å²) in [4.78, 5) is 14.1. The number of para-hydroxylation sites is 1. The molecule has 0 aliphatic heterocycles. The van der Waals surface area contributed by atoms with E-state index in [0.29, 0.717) is 16.7 Å². The molecule has 3 nitrogen and oxygen atoms in total. The Morgan fingerprint density at radius 3 is 1.69 bits per heavy atom. The fourth-order valence-corrected chi connectivity index (χ4v) is 6.06. The second kappa shape index (κ2) is 10.8. The number of nitrogens with zero attached hydrogens (tertiary/aromatic N) is 3. The van der Waals surface area contributed by atoms with Crippen LogP contribution in [0, 0.1) is 0 Å². The molecule has 2 aromatic heterocycles. The molecular formula is C35H19F6N3S. The third kappa shape index (κ3) is 5.76. The summed E-state index contributed by atoms with van der Waals surface area (Å²) in [6.07, 6.45) is -8.14. The van der Waals surface area contributed by atoms with Crippen LogP contribution in [0.2, 0.25) is 0 Å². The molecule has 0 unspecified atom stereocenters. The molecule has 0 aliphatic rings. The summed E-state index contributed by atoms with van der Waals surface area (Å²) in [6.45, 7) is 0. The minimum Gasteiger partial charge on any atom is -0.252 e. The summed E-state index contributed by atoms with van der Waals surface area (Å²) in [6, 6.07) is 29.4. The quantitative estimate of drug-likeness (QED) is 0.182. The first kappa shape index (κ1) is 28.7. The van der Waals surface area contributed by atoms with Gasteiger partial charge in [-0.1, -0.05) is 66.7 Å². The molecule has 0 radical (unpaired) electrons. The van der Waals surface area contributed by atoms with Crippen molar-refractivity contribution in [2.45, 2.75) is 12.4 Å². The topological polar surface area (TPSA) is 38.7 Å². The summed E-state index contributed by atoms with van der Waals surface area (Å²) < 4.78 is 81.0. The first-order valence-electron chi connectivity index (χ1n) is 13.6. The Morgan fingerprint density at radius 2 is 1.04 bits per heavy atom. The monoisotopic (exact) mass is 627 g/mol. The molecule has 0 spiro atoms. The van der Waals surface area contributed by atoms with Crippen molar-refractivity contribution in [1.29, 1.82) is 0 Å². The Balaban J connectivity index is 1.14. The number of aromatic nitrogens is 3. The lowest BCUT2D eigenvalue weighted by molar-refractivity contribution is -0.143. The summed E-state index contributed by atoms with van der Waals surface area (Å²) in [5, 5.41) is 0.939. The predicted octanol–water partition coefficient (Wildman–Crippen LogP) is 10.9. The number of fused-ring (bicyclic) bond motifs is 2. The maximum Gasteiger partial charge on any atom is 0.416 e. The largest absolute Gasteiger partial charge is 0.416 e. The lowest BCUT2D eigenvalue weighted by atomic mass is 9.96. The molecule has 45 heavy (non-hydrogen) atoms. The molecule has 0 N–H and O–H groups in total.